The molecule has 2 heterocycles. The van der Waals surface area contributed by atoms with Gasteiger partial charge in [0.15, 0.2) is 0 Å². The highest BCUT2D eigenvalue weighted by atomic mass is 16.5. The van der Waals surface area contributed by atoms with Crippen molar-refractivity contribution in [2.45, 2.75) is 38.5 Å². The van der Waals surface area contributed by atoms with Crippen molar-refractivity contribution in [1.29, 1.82) is 0 Å². The van der Waals surface area contributed by atoms with Crippen molar-refractivity contribution in [3.63, 3.8) is 0 Å². The van der Waals surface area contributed by atoms with Gasteiger partial charge in [-0.1, -0.05) is 6.07 Å². The van der Waals surface area contributed by atoms with Crippen LogP contribution in [0.4, 0.5) is 0 Å². The number of aliphatic hydroxyl groups excluding tert-OH is 1. The Balaban J connectivity index is 2.18. The molecule has 0 saturated carbocycles. The minimum absolute atomic E-state index is 0.239. The second kappa shape index (κ2) is 6.37. The fraction of sp³-hybridized carbons (Fsp3) is 0.368. The van der Waals surface area contributed by atoms with E-state index in [-0.39, 0.29) is 12.2 Å². The lowest BCUT2D eigenvalue weighted by Crippen LogP contribution is -2.52. The third-order valence-corrected chi connectivity index (χ3v) is 4.37. The average molecular weight is 343 g/mol. The molecule has 0 bridgehead atoms. The monoisotopic (exact) mass is 343 g/mol. The number of pyridine rings is 1. The summed E-state index contributed by atoms with van der Waals surface area (Å²) in [6.45, 7) is 5.53. The van der Waals surface area contributed by atoms with Crippen LogP contribution in [0, 0.1) is 0 Å². The Morgan fingerprint density at radius 3 is 2.76 bits per heavy atom. The first-order valence-electron chi connectivity index (χ1n) is 8.20. The van der Waals surface area contributed by atoms with E-state index in [1.807, 2.05) is 0 Å². The van der Waals surface area contributed by atoms with E-state index in [1.165, 1.54) is 10.6 Å². The molecule has 1 aliphatic heterocycles. The fourth-order valence-corrected chi connectivity index (χ4v) is 3.08. The summed E-state index contributed by atoms with van der Waals surface area (Å²) < 4.78 is 12.4. The normalized spacial score (nSPS) is 21.1. The van der Waals surface area contributed by atoms with E-state index in [4.69, 9.17) is 9.47 Å². The number of carbonyl (C=O) groups is 1. The smallest absolute Gasteiger partial charge is 0.338 e. The zero-order valence-electron chi connectivity index (χ0n) is 14.4. The van der Waals surface area contributed by atoms with Gasteiger partial charge in [-0.25, -0.2) is 4.79 Å². The van der Waals surface area contributed by atoms with Gasteiger partial charge in [0.25, 0.3) is 5.56 Å². The molecule has 6 nitrogen and oxygen atoms in total. The third kappa shape index (κ3) is 3.05. The van der Waals surface area contributed by atoms with Gasteiger partial charge in [0.05, 0.1) is 18.2 Å². The minimum atomic E-state index is -0.974. The molecule has 25 heavy (non-hydrogen) atoms. The first-order valence-corrected chi connectivity index (χ1v) is 8.20. The molecule has 0 spiro atoms. The van der Waals surface area contributed by atoms with Gasteiger partial charge in [-0.05, 0) is 45.0 Å². The Labute approximate surface area is 145 Å². The summed E-state index contributed by atoms with van der Waals surface area (Å²) >= 11 is 0. The molecule has 0 unspecified atom stereocenters. The maximum absolute atomic E-state index is 12.3. The van der Waals surface area contributed by atoms with Crippen molar-refractivity contribution < 1.29 is 19.4 Å². The molecule has 0 radical (unpaired) electrons. The number of carbonyl (C=O) groups excluding carboxylic acids is 1. The summed E-state index contributed by atoms with van der Waals surface area (Å²) in [6, 6.07) is 9.06. The second-order valence-electron chi connectivity index (χ2n) is 6.51. The number of nitrogens with zero attached hydrogens (tertiary/aromatic N) is 1. The molecule has 0 saturated heterocycles. The molecule has 0 amide bonds. The fourth-order valence-electron chi connectivity index (χ4n) is 3.08. The highest BCUT2D eigenvalue weighted by Crippen LogP contribution is 2.41. The van der Waals surface area contributed by atoms with Crippen molar-refractivity contribution in [3.05, 3.63) is 64.1 Å². The van der Waals surface area contributed by atoms with Crippen molar-refractivity contribution in [2.75, 3.05) is 6.61 Å². The number of fused-ring (bicyclic) bond motifs is 1. The van der Waals surface area contributed by atoms with Gasteiger partial charge >= 0.3 is 5.97 Å². The van der Waals surface area contributed by atoms with Crippen LogP contribution in [0.2, 0.25) is 0 Å². The molecule has 0 fully saturated rings. The first kappa shape index (κ1) is 17.2. The Hall–Kier alpha value is -2.60. The van der Waals surface area contributed by atoms with E-state index < -0.39 is 23.7 Å². The van der Waals surface area contributed by atoms with Crippen LogP contribution in [0.5, 0.6) is 5.75 Å². The Bertz CT molecular complexity index is 855. The predicted molar refractivity (Wildman–Crippen MR) is 92.0 cm³/mol. The van der Waals surface area contributed by atoms with Gasteiger partial charge in [-0.2, -0.15) is 0 Å². The van der Waals surface area contributed by atoms with E-state index in [9.17, 15) is 14.7 Å². The van der Waals surface area contributed by atoms with Crippen LogP contribution >= 0.6 is 0 Å². The van der Waals surface area contributed by atoms with Gasteiger partial charge in [-0.3, -0.25) is 4.79 Å². The summed E-state index contributed by atoms with van der Waals surface area (Å²) in [5.41, 5.74) is -0.203. The average Bonchev–Trinajstić information content (AvgIpc) is 2.57. The minimum Gasteiger partial charge on any atom is -0.485 e. The van der Waals surface area contributed by atoms with E-state index >= 15 is 0 Å². The summed E-state index contributed by atoms with van der Waals surface area (Å²) in [5, 5.41) is 10.9. The van der Waals surface area contributed by atoms with E-state index in [0.717, 1.165) is 0 Å². The molecule has 0 aliphatic carbocycles. The van der Waals surface area contributed by atoms with E-state index in [2.05, 4.69) is 0 Å². The zero-order valence-corrected chi connectivity index (χ0v) is 14.4. The lowest BCUT2D eigenvalue weighted by Gasteiger charge is -2.42. The number of rotatable bonds is 3. The summed E-state index contributed by atoms with van der Waals surface area (Å²) in [7, 11) is 0. The van der Waals surface area contributed by atoms with E-state index in [1.54, 1.807) is 57.3 Å². The van der Waals surface area contributed by atoms with Crippen molar-refractivity contribution in [3.8, 4) is 5.75 Å². The maximum Gasteiger partial charge on any atom is 0.338 e. The lowest BCUT2D eigenvalue weighted by atomic mass is 9.85. The summed E-state index contributed by atoms with van der Waals surface area (Å²) in [6.07, 6.45) is 0.649. The molecule has 1 aromatic carbocycles. The van der Waals surface area contributed by atoms with Crippen LogP contribution in [0.15, 0.2) is 47.4 Å². The molecule has 2 aromatic rings. The number of aliphatic hydroxyl groups is 1. The summed E-state index contributed by atoms with van der Waals surface area (Å²) in [5.74, 6) is 0.0767. The topological polar surface area (TPSA) is 77.8 Å². The lowest BCUT2D eigenvalue weighted by molar-refractivity contribution is -0.0643. The zero-order chi connectivity index (χ0) is 18.2. The van der Waals surface area contributed by atoms with Crippen LogP contribution in [0.25, 0.3) is 0 Å². The SMILES string of the molecule is CCOC(=O)c1ccc2c(c1)[C@@H](n1ccccc1=O)[C@H](O)C(C)(C)O2. The predicted octanol–water partition coefficient (Wildman–Crippen LogP) is 2.15. The molecule has 132 valence electrons. The van der Waals surface area contributed by atoms with E-state index in [0.29, 0.717) is 16.9 Å². The number of esters is 1. The van der Waals surface area contributed by atoms with Crippen LogP contribution in [-0.2, 0) is 4.74 Å². The van der Waals surface area contributed by atoms with Crippen LogP contribution in [-0.4, -0.2) is 34.0 Å². The molecular weight excluding hydrogens is 322 g/mol. The van der Waals surface area contributed by atoms with Crippen LogP contribution in [0.1, 0.15) is 42.7 Å². The Morgan fingerprint density at radius 2 is 2.08 bits per heavy atom. The van der Waals surface area contributed by atoms with Crippen molar-refractivity contribution >= 4 is 5.97 Å². The number of aromatic nitrogens is 1. The Morgan fingerprint density at radius 1 is 1.32 bits per heavy atom. The standard InChI is InChI=1S/C19H21NO5/c1-4-24-18(23)12-8-9-14-13(11-12)16(17(22)19(2,3)25-14)20-10-6-5-7-15(20)21/h5-11,16-17,22H,4H2,1-3H3/t16-,17+/m1/s1. The van der Waals surface area contributed by atoms with Gasteiger partial charge in [0.2, 0.25) is 0 Å². The highest BCUT2D eigenvalue weighted by molar-refractivity contribution is 5.90. The van der Waals surface area contributed by atoms with Crippen LogP contribution in [0.3, 0.4) is 0 Å². The first-order chi connectivity index (χ1) is 11.8. The molecule has 3 rings (SSSR count). The molecule has 6 heteroatoms. The number of benzene rings is 1. The molecule has 1 aliphatic rings. The van der Waals surface area contributed by atoms with Gasteiger partial charge < -0.3 is 19.1 Å². The molecule has 2 atom stereocenters. The van der Waals surface area contributed by atoms with Gasteiger partial charge in [0.1, 0.15) is 17.5 Å². The third-order valence-electron chi connectivity index (χ3n) is 4.37. The Kier molecular flexibility index (Phi) is 4.39. The van der Waals surface area contributed by atoms with Crippen molar-refractivity contribution in [2.24, 2.45) is 0 Å². The van der Waals surface area contributed by atoms with Gasteiger partial charge in [-0.15, -0.1) is 0 Å². The van der Waals surface area contributed by atoms with Crippen molar-refractivity contribution in [1.82, 2.24) is 4.57 Å². The summed E-state index contributed by atoms with van der Waals surface area (Å²) in [4.78, 5) is 24.4. The highest BCUT2D eigenvalue weighted by Gasteiger charge is 2.44. The number of hydrogen-bond donors (Lipinski definition) is 1. The molecular formula is C19H21NO5. The number of ether oxygens (including phenoxy) is 2. The van der Waals surface area contributed by atoms with Gasteiger partial charge in [0, 0.05) is 17.8 Å². The second-order valence-corrected chi connectivity index (χ2v) is 6.51. The molecule has 1 aromatic heterocycles. The maximum atomic E-state index is 12.3. The largest absolute Gasteiger partial charge is 0.485 e. The molecule has 1 N–H and O–H groups in total. The van der Waals surface area contributed by atoms with Crippen LogP contribution < -0.4 is 10.3 Å². The number of hydrogen-bond acceptors (Lipinski definition) is 5. The quantitative estimate of drug-likeness (QED) is 0.864.